The molecule has 0 aliphatic heterocycles. The first kappa shape index (κ1) is 15.3. The lowest BCUT2D eigenvalue weighted by Gasteiger charge is -2.12. The first-order valence-corrected chi connectivity index (χ1v) is 7.94. The SMILES string of the molecule is CCc1cccc(C)c1NCc1nc(Cc2ccccc2)no1. The molecule has 3 aromatic rings. The fourth-order valence-electron chi connectivity index (χ4n) is 2.65. The van der Waals surface area contributed by atoms with Gasteiger partial charge < -0.3 is 9.84 Å². The molecule has 118 valence electrons. The van der Waals surface area contributed by atoms with Gasteiger partial charge in [0.1, 0.15) is 0 Å². The summed E-state index contributed by atoms with van der Waals surface area (Å²) in [6.07, 6.45) is 1.68. The molecule has 4 heteroatoms. The monoisotopic (exact) mass is 307 g/mol. The van der Waals surface area contributed by atoms with Gasteiger partial charge in [0.05, 0.1) is 6.54 Å². The molecular weight excluding hydrogens is 286 g/mol. The predicted molar refractivity (Wildman–Crippen MR) is 91.4 cm³/mol. The number of para-hydroxylation sites is 1. The van der Waals surface area contributed by atoms with Gasteiger partial charge in [-0.15, -0.1) is 0 Å². The number of aryl methyl sites for hydroxylation is 2. The highest BCUT2D eigenvalue weighted by atomic mass is 16.5. The number of anilines is 1. The molecule has 3 rings (SSSR count). The molecule has 0 atom stereocenters. The largest absolute Gasteiger partial charge is 0.376 e. The third kappa shape index (κ3) is 3.77. The van der Waals surface area contributed by atoms with Crippen LogP contribution >= 0.6 is 0 Å². The van der Waals surface area contributed by atoms with Crippen molar-refractivity contribution in [1.82, 2.24) is 10.1 Å². The number of hydrogen-bond acceptors (Lipinski definition) is 4. The van der Waals surface area contributed by atoms with Gasteiger partial charge >= 0.3 is 0 Å². The van der Waals surface area contributed by atoms with Crippen LogP contribution in [-0.4, -0.2) is 10.1 Å². The van der Waals surface area contributed by atoms with Crippen molar-refractivity contribution in [1.29, 1.82) is 0 Å². The van der Waals surface area contributed by atoms with E-state index in [1.807, 2.05) is 18.2 Å². The summed E-state index contributed by atoms with van der Waals surface area (Å²) in [5.41, 5.74) is 4.88. The Kier molecular flexibility index (Phi) is 4.71. The van der Waals surface area contributed by atoms with Crippen LogP contribution in [0.4, 0.5) is 5.69 Å². The normalized spacial score (nSPS) is 10.7. The van der Waals surface area contributed by atoms with Crippen LogP contribution in [0, 0.1) is 6.92 Å². The zero-order valence-corrected chi connectivity index (χ0v) is 13.5. The van der Waals surface area contributed by atoms with E-state index in [2.05, 4.69) is 59.6 Å². The van der Waals surface area contributed by atoms with E-state index < -0.39 is 0 Å². The third-order valence-electron chi connectivity index (χ3n) is 3.87. The molecule has 0 amide bonds. The third-order valence-corrected chi connectivity index (χ3v) is 3.87. The minimum absolute atomic E-state index is 0.541. The van der Waals surface area contributed by atoms with Gasteiger partial charge in [0, 0.05) is 12.1 Å². The maximum atomic E-state index is 5.35. The second kappa shape index (κ2) is 7.09. The Balaban J connectivity index is 1.66. The van der Waals surface area contributed by atoms with Crippen molar-refractivity contribution in [2.24, 2.45) is 0 Å². The lowest BCUT2D eigenvalue weighted by molar-refractivity contribution is 0.378. The molecule has 0 fully saturated rings. The maximum Gasteiger partial charge on any atom is 0.245 e. The highest BCUT2D eigenvalue weighted by molar-refractivity contribution is 5.57. The van der Waals surface area contributed by atoms with Gasteiger partial charge in [0.15, 0.2) is 5.82 Å². The summed E-state index contributed by atoms with van der Waals surface area (Å²) < 4.78 is 5.35. The van der Waals surface area contributed by atoms with Gasteiger partial charge in [0.2, 0.25) is 5.89 Å². The van der Waals surface area contributed by atoms with Crippen LogP contribution < -0.4 is 5.32 Å². The summed E-state index contributed by atoms with van der Waals surface area (Å²) in [4.78, 5) is 4.47. The van der Waals surface area contributed by atoms with Gasteiger partial charge in [0.25, 0.3) is 0 Å². The fourth-order valence-corrected chi connectivity index (χ4v) is 2.65. The molecular formula is C19H21N3O. The van der Waals surface area contributed by atoms with Crippen LogP contribution in [0.1, 0.15) is 35.3 Å². The summed E-state index contributed by atoms with van der Waals surface area (Å²) in [6.45, 7) is 4.81. The topological polar surface area (TPSA) is 51.0 Å². The average Bonchev–Trinajstić information content (AvgIpc) is 3.02. The molecule has 1 N–H and O–H groups in total. The second-order valence-electron chi connectivity index (χ2n) is 5.58. The Morgan fingerprint density at radius 2 is 1.87 bits per heavy atom. The molecule has 0 spiro atoms. The average molecular weight is 307 g/mol. The Morgan fingerprint density at radius 1 is 1.04 bits per heavy atom. The molecule has 0 unspecified atom stereocenters. The predicted octanol–water partition coefficient (Wildman–Crippen LogP) is 4.14. The second-order valence-corrected chi connectivity index (χ2v) is 5.58. The van der Waals surface area contributed by atoms with Crippen molar-refractivity contribution in [3.63, 3.8) is 0 Å². The first-order valence-electron chi connectivity index (χ1n) is 7.94. The van der Waals surface area contributed by atoms with Crippen molar-refractivity contribution in [3.05, 3.63) is 76.9 Å². The number of nitrogens with one attached hydrogen (secondary N) is 1. The van der Waals surface area contributed by atoms with Crippen molar-refractivity contribution in [3.8, 4) is 0 Å². The Hall–Kier alpha value is -2.62. The van der Waals surface area contributed by atoms with Gasteiger partial charge in [-0.05, 0) is 30.0 Å². The highest BCUT2D eigenvalue weighted by Gasteiger charge is 2.09. The summed E-state index contributed by atoms with van der Waals surface area (Å²) in [6, 6.07) is 16.5. The van der Waals surface area contributed by atoms with E-state index in [-0.39, 0.29) is 0 Å². The van der Waals surface area contributed by atoms with Crippen LogP contribution in [0.5, 0.6) is 0 Å². The van der Waals surface area contributed by atoms with Crippen LogP contribution in [0.2, 0.25) is 0 Å². The van der Waals surface area contributed by atoms with Crippen molar-refractivity contribution in [2.75, 3.05) is 5.32 Å². The fraction of sp³-hybridized carbons (Fsp3) is 0.263. The summed E-state index contributed by atoms with van der Waals surface area (Å²) in [5, 5.41) is 7.49. The first-order chi connectivity index (χ1) is 11.3. The maximum absolute atomic E-state index is 5.35. The van der Waals surface area contributed by atoms with Gasteiger partial charge in [-0.1, -0.05) is 60.6 Å². The molecule has 1 heterocycles. The quantitative estimate of drug-likeness (QED) is 0.743. The number of rotatable bonds is 6. The van der Waals surface area contributed by atoms with E-state index >= 15 is 0 Å². The molecule has 0 radical (unpaired) electrons. The summed E-state index contributed by atoms with van der Waals surface area (Å²) in [7, 11) is 0. The van der Waals surface area contributed by atoms with Gasteiger partial charge in [-0.25, -0.2) is 0 Å². The Bertz CT molecular complexity index is 765. The van der Waals surface area contributed by atoms with Crippen LogP contribution in [0.3, 0.4) is 0 Å². The molecule has 1 aromatic heterocycles. The van der Waals surface area contributed by atoms with Crippen LogP contribution in [0.15, 0.2) is 53.1 Å². The number of aromatic nitrogens is 2. The smallest absolute Gasteiger partial charge is 0.245 e. The lowest BCUT2D eigenvalue weighted by atomic mass is 10.1. The zero-order valence-electron chi connectivity index (χ0n) is 13.5. The Labute approximate surface area is 136 Å². The molecule has 0 saturated heterocycles. The van der Waals surface area contributed by atoms with Crippen molar-refractivity contribution >= 4 is 5.69 Å². The van der Waals surface area contributed by atoms with Gasteiger partial charge in [-0.3, -0.25) is 0 Å². The van der Waals surface area contributed by atoms with E-state index in [1.54, 1.807) is 0 Å². The number of benzene rings is 2. The molecule has 23 heavy (non-hydrogen) atoms. The molecule has 0 aliphatic carbocycles. The number of nitrogens with zero attached hydrogens (tertiary/aromatic N) is 2. The van der Waals surface area contributed by atoms with Gasteiger partial charge in [-0.2, -0.15) is 4.98 Å². The van der Waals surface area contributed by atoms with Crippen LogP contribution in [0.25, 0.3) is 0 Å². The molecule has 0 aliphatic rings. The molecule has 2 aromatic carbocycles. The Morgan fingerprint density at radius 3 is 2.65 bits per heavy atom. The lowest BCUT2D eigenvalue weighted by Crippen LogP contribution is -2.04. The van der Waals surface area contributed by atoms with Crippen molar-refractivity contribution < 1.29 is 4.52 Å². The molecule has 4 nitrogen and oxygen atoms in total. The highest BCUT2D eigenvalue weighted by Crippen LogP contribution is 2.21. The van der Waals surface area contributed by atoms with E-state index in [0.29, 0.717) is 24.7 Å². The summed E-state index contributed by atoms with van der Waals surface area (Å²) in [5.74, 6) is 1.33. The van der Waals surface area contributed by atoms with E-state index in [9.17, 15) is 0 Å². The minimum atomic E-state index is 0.541. The van der Waals surface area contributed by atoms with Crippen LogP contribution in [-0.2, 0) is 19.4 Å². The standard InChI is InChI=1S/C19H21N3O/c1-3-16-11-7-8-14(2)19(16)20-13-18-21-17(22-23-18)12-15-9-5-4-6-10-15/h4-11,20H,3,12-13H2,1-2H3. The summed E-state index contributed by atoms with van der Waals surface area (Å²) >= 11 is 0. The van der Waals surface area contributed by atoms with E-state index in [4.69, 9.17) is 4.52 Å². The zero-order chi connectivity index (χ0) is 16.1. The van der Waals surface area contributed by atoms with E-state index in [0.717, 1.165) is 12.1 Å². The van der Waals surface area contributed by atoms with E-state index in [1.165, 1.54) is 16.7 Å². The minimum Gasteiger partial charge on any atom is -0.376 e. The molecule has 0 saturated carbocycles. The number of hydrogen-bond donors (Lipinski definition) is 1. The van der Waals surface area contributed by atoms with Crippen molar-refractivity contribution in [2.45, 2.75) is 33.2 Å². The molecule has 0 bridgehead atoms.